The van der Waals surface area contributed by atoms with Crippen molar-refractivity contribution in [3.63, 3.8) is 0 Å². The summed E-state index contributed by atoms with van der Waals surface area (Å²) in [7, 11) is 0. The lowest BCUT2D eigenvalue weighted by Crippen LogP contribution is -2.35. The minimum absolute atomic E-state index is 0.314. The van der Waals surface area contributed by atoms with Crippen LogP contribution in [0.15, 0.2) is 127 Å². The van der Waals surface area contributed by atoms with Crippen LogP contribution in [0.3, 0.4) is 0 Å². The molecule has 0 aromatic heterocycles. The molecule has 1 unspecified atom stereocenters. The second-order valence-electron chi connectivity index (χ2n) is 15.0. The first-order valence-electron chi connectivity index (χ1n) is 18.2. The van der Waals surface area contributed by atoms with Crippen molar-refractivity contribution in [2.75, 3.05) is 18.0 Å². The van der Waals surface area contributed by atoms with Gasteiger partial charge in [0.1, 0.15) is 5.75 Å². The Kier molecular flexibility index (Phi) is 6.52. The van der Waals surface area contributed by atoms with Crippen molar-refractivity contribution >= 4 is 49.8 Å². The zero-order valence-corrected chi connectivity index (χ0v) is 29.0. The van der Waals surface area contributed by atoms with E-state index in [-0.39, 0.29) is 5.41 Å². The van der Waals surface area contributed by atoms with E-state index in [0.717, 1.165) is 40.9 Å². The van der Waals surface area contributed by atoms with Crippen LogP contribution in [0.5, 0.6) is 5.75 Å². The molecule has 1 saturated heterocycles. The summed E-state index contributed by atoms with van der Waals surface area (Å²) in [6, 6.07) is 44.0. The van der Waals surface area contributed by atoms with E-state index >= 15 is 0 Å². The molecule has 1 atom stereocenters. The third-order valence-electron chi connectivity index (χ3n) is 11.8. The average molecular weight is 659 g/mol. The van der Waals surface area contributed by atoms with Gasteiger partial charge in [-0.2, -0.15) is 0 Å². The van der Waals surface area contributed by atoms with Crippen LogP contribution in [0.25, 0.3) is 54.4 Å². The standard InChI is InChI=1S/C48H38N2O/c1-47(2)43-30-35(49-3)21-24-40(43)44-38-13-7-8-14-39(38)46-41(45(44)47)25-26-48(51-46,33-19-22-36(23-20-33)50-27-9-4-10-28-50)34-18-17-32-16-15-31-11-5-6-12-37(31)42(32)29-34/h5-8,11-26,29-30H,4,9-10,27-28H2,1-2H3. The van der Waals surface area contributed by atoms with Crippen LogP contribution in [0.4, 0.5) is 11.4 Å². The predicted octanol–water partition coefficient (Wildman–Crippen LogP) is 12.3. The SMILES string of the molecule is [C-]#[N+]c1ccc2c(c1)C(C)(C)c1c3c(c4ccccc4c1-2)OC(c1ccc(N2CCCCC2)cc1)(c1ccc2ccc4ccccc4c2c1)C=C3. The third-order valence-corrected chi connectivity index (χ3v) is 11.8. The van der Waals surface area contributed by atoms with Gasteiger partial charge in [0.05, 0.1) is 6.57 Å². The number of rotatable bonds is 3. The Balaban J connectivity index is 1.22. The van der Waals surface area contributed by atoms with Gasteiger partial charge in [0.25, 0.3) is 0 Å². The molecule has 7 aromatic rings. The van der Waals surface area contributed by atoms with Crippen molar-refractivity contribution in [2.45, 2.75) is 44.1 Å². The molecule has 0 bridgehead atoms. The first-order valence-corrected chi connectivity index (χ1v) is 18.2. The van der Waals surface area contributed by atoms with Gasteiger partial charge in [-0.1, -0.05) is 123 Å². The van der Waals surface area contributed by atoms with E-state index in [1.165, 1.54) is 74.1 Å². The largest absolute Gasteiger partial charge is 0.472 e. The fourth-order valence-corrected chi connectivity index (χ4v) is 9.27. The molecule has 10 rings (SSSR count). The fourth-order valence-electron chi connectivity index (χ4n) is 9.27. The zero-order valence-electron chi connectivity index (χ0n) is 29.0. The predicted molar refractivity (Wildman–Crippen MR) is 212 cm³/mol. The van der Waals surface area contributed by atoms with E-state index in [1.807, 2.05) is 6.07 Å². The van der Waals surface area contributed by atoms with Crippen LogP contribution >= 0.6 is 0 Å². The van der Waals surface area contributed by atoms with E-state index in [9.17, 15) is 0 Å². The molecule has 0 N–H and O–H groups in total. The summed E-state index contributed by atoms with van der Waals surface area (Å²) in [5.74, 6) is 0.913. The quantitative estimate of drug-likeness (QED) is 0.139. The Bertz CT molecular complexity index is 2640. The highest BCUT2D eigenvalue weighted by atomic mass is 16.5. The Hall–Kier alpha value is -5.85. The van der Waals surface area contributed by atoms with Crippen molar-refractivity contribution in [1.29, 1.82) is 0 Å². The topological polar surface area (TPSA) is 16.8 Å². The summed E-state index contributed by atoms with van der Waals surface area (Å²) in [5, 5.41) is 7.21. The first kappa shape index (κ1) is 30.0. The Morgan fingerprint density at radius 2 is 1.35 bits per heavy atom. The van der Waals surface area contributed by atoms with E-state index in [4.69, 9.17) is 11.3 Å². The van der Waals surface area contributed by atoms with Crippen molar-refractivity contribution in [3.8, 4) is 16.9 Å². The highest BCUT2D eigenvalue weighted by molar-refractivity contribution is 6.09. The highest BCUT2D eigenvalue weighted by Crippen LogP contribution is 2.58. The van der Waals surface area contributed by atoms with Crippen molar-refractivity contribution in [2.24, 2.45) is 0 Å². The number of benzene rings is 7. The Labute approximate surface area is 299 Å². The van der Waals surface area contributed by atoms with Gasteiger partial charge in [0.2, 0.25) is 0 Å². The van der Waals surface area contributed by atoms with Gasteiger partial charge in [-0.05, 0) is 92.7 Å². The fraction of sp³-hybridized carbons (Fsp3) is 0.188. The third kappa shape index (κ3) is 4.36. The normalized spacial score (nSPS) is 18.6. The number of nitrogens with zero attached hydrogens (tertiary/aromatic N) is 2. The van der Waals surface area contributed by atoms with Gasteiger partial charge in [0.15, 0.2) is 11.3 Å². The number of hydrogen-bond acceptors (Lipinski definition) is 2. The maximum Gasteiger partial charge on any atom is 0.187 e. The summed E-state index contributed by atoms with van der Waals surface area (Å²) in [5.41, 5.74) is 9.05. The van der Waals surface area contributed by atoms with E-state index in [0.29, 0.717) is 5.69 Å². The van der Waals surface area contributed by atoms with Crippen molar-refractivity contribution in [3.05, 3.63) is 167 Å². The zero-order chi connectivity index (χ0) is 34.3. The molecule has 1 aliphatic carbocycles. The molecule has 3 heteroatoms. The number of hydrogen-bond donors (Lipinski definition) is 0. The lowest BCUT2D eigenvalue weighted by atomic mass is 9.76. The van der Waals surface area contributed by atoms with Crippen LogP contribution in [-0.4, -0.2) is 13.1 Å². The molecule has 0 spiro atoms. The van der Waals surface area contributed by atoms with Gasteiger partial charge >= 0.3 is 0 Å². The first-order chi connectivity index (χ1) is 25.0. The molecule has 246 valence electrons. The molecule has 3 aliphatic rings. The van der Waals surface area contributed by atoms with Crippen LogP contribution in [0.2, 0.25) is 0 Å². The second-order valence-corrected chi connectivity index (χ2v) is 15.0. The maximum absolute atomic E-state index is 7.74. The summed E-state index contributed by atoms with van der Waals surface area (Å²) < 4.78 is 7.66. The van der Waals surface area contributed by atoms with Crippen molar-refractivity contribution in [1.82, 2.24) is 0 Å². The van der Waals surface area contributed by atoms with Crippen LogP contribution in [-0.2, 0) is 11.0 Å². The van der Waals surface area contributed by atoms with Crippen molar-refractivity contribution < 1.29 is 4.74 Å². The van der Waals surface area contributed by atoms with Gasteiger partial charge in [-0.25, -0.2) is 4.85 Å². The molecule has 0 saturated carbocycles. The van der Waals surface area contributed by atoms with Gasteiger partial charge in [-0.3, -0.25) is 0 Å². The molecule has 1 fully saturated rings. The van der Waals surface area contributed by atoms with Gasteiger partial charge in [0, 0.05) is 46.3 Å². The molecule has 2 heterocycles. The van der Waals surface area contributed by atoms with E-state index < -0.39 is 5.60 Å². The Morgan fingerprint density at radius 3 is 2.14 bits per heavy atom. The van der Waals surface area contributed by atoms with Crippen LogP contribution in [0, 0.1) is 6.57 Å². The van der Waals surface area contributed by atoms with Gasteiger partial charge in [-0.15, -0.1) is 0 Å². The minimum atomic E-state index is -0.859. The second kappa shape index (κ2) is 11.1. The number of piperidine rings is 1. The van der Waals surface area contributed by atoms with Crippen LogP contribution < -0.4 is 9.64 Å². The summed E-state index contributed by atoms with van der Waals surface area (Å²) in [6.07, 6.45) is 8.44. The van der Waals surface area contributed by atoms with E-state index in [1.54, 1.807) is 0 Å². The molecule has 2 aliphatic heterocycles. The Morgan fingerprint density at radius 1 is 0.667 bits per heavy atom. The summed E-state index contributed by atoms with van der Waals surface area (Å²) in [4.78, 5) is 6.32. The lowest BCUT2D eigenvalue weighted by molar-refractivity contribution is 0.163. The molecule has 0 radical (unpaired) electrons. The summed E-state index contributed by atoms with van der Waals surface area (Å²) in [6.45, 7) is 14.6. The monoisotopic (exact) mass is 658 g/mol. The maximum atomic E-state index is 7.74. The highest BCUT2D eigenvalue weighted by Gasteiger charge is 2.44. The number of anilines is 1. The molecular formula is C48H38N2O. The minimum Gasteiger partial charge on any atom is -0.472 e. The average Bonchev–Trinajstić information content (AvgIpc) is 3.43. The number of fused-ring (bicyclic) bond motifs is 11. The van der Waals surface area contributed by atoms with E-state index in [2.05, 4.69) is 151 Å². The molecule has 0 amide bonds. The molecular weight excluding hydrogens is 621 g/mol. The van der Waals surface area contributed by atoms with Gasteiger partial charge < -0.3 is 9.64 Å². The summed E-state index contributed by atoms with van der Waals surface area (Å²) >= 11 is 0. The lowest BCUT2D eigenvalue weighted by Gasteiger charge is -2.39. The molecule has 3 nitrogen and oxygen atoms in total. The molecule has 7 aromatic carbocycles. The molecule has 51 heavy (non-hydrogen) atoms. The van der Waals surface area contributed by atoms with Crippen LogP contribution in [0.1, 0.15) is 60.9 Å². The smallest absolute Gasteiger partial charge is 0.187 e. The number of ether oxygens (including phenoxy) is 1.